The monoisotopic (exact) mass is 216 g/mol. The zero-order valence-electron chi connectivity index (χ0n) is 10.0. The molecule has 0 aliphatic carbocycles. The maximum absolute atomic E-state index is 5.41. The molecule has 2 nitrogen and oxygen atoms in total. The quantitative estimate of drug-likeness (QED) is 0.351. The van der Waals surface area contributed by atoms with Gasteiger partial charge in [-0.1, -0.05) is 25.5 Å². The lowest BCUT2D eigenvalue weighted by Gasteiger charge is -2.22. The second-order valence-corrected chi connectivity index (χ2v) is 7.25. The molecule has 0 unspecified atom stereocenters. The summed E-state index contributed by atoms with van der Waals surface area (Å²) in [5.74, 6) is 0. The molecule has 14 heavy (non-hydrogen) atoms. The highest BCUT2D eigenvalue weighted by molar-refractivity contribution is 6.65. The molecule has 0 N–H and O–H groups in total. The molecule has 0 saturated carbocycles. The molecule has 0 aromatic heterocycles. The molecular weight excluding hydrogens is 192 g/mol. The van der Waals surface area contributed by atoms with E-state index < -0.39 is 8.56 Å². The highest BCUT2D eigenvalue weighted by atomic mass is 28.4. The topological polar surface area (TPSA) is 18.5 Å². The first-order chi connectivity index (χ1) is 6.68. The fourth-order valence-electron chi connectivity index (χ4n) is 1.28. The predicted molar refractivity (Wildman–Crippen MR) is 63.7 cm³/mol. The zero-order chi connectivity index (χ0) is 10.9. The third-order valence-corrected chi connectivity index (χ3v) is 5.51. The summed E-state index contributed by atoms with van der Waals surface area (Å²) < 4.78 is 10.8. The minimum atomic E-state index is -1.79. The van der Waals surface area contributed by atoms with Crippen molar-refractivity contribution in [2.24, 2.45) is 0 Å². The molecule has 0 atom stereocenters. The minimum absolute atomic E-state index is 1.10. The molecule has 0 aliphatic heterocycles. The van der Waals surface area contributed by atoms with E-state index in [-0.39, 0.29) is 0 Å². The van der Waals surface area contributed by atoms with Crippen LogP contribution in [0.3, 0.4) is 0 Å². The number of allylic oxidation sites excluding steroid dienone is 2. The lowest BCUT2D eigenvalue weighted by Crippen LogP contribution is -2.35. The standard InChI is InChI=1S/C11H24O2Si/c1-5-6-7-8-9-10-11-14(4,12-2)13-3/h6-7H,5,8-11H2,1-4H3. The normalized spacial score (nSPS) is 12.6. The molecule has 0 fully saturated rings. The molecule has 0 aromatic carbocycles. The largest absolute Gasteiger partial charge is 0.398 e. The highest BCUT2D eigenvalue weighted by Crippen LogP contribution is 2.16. The zero-order valence-corrected chi connectivity index (χ0v) is 11.0. The summed E-state index contributed by atoms with van der Waals surface area (Å²) in [4.78, 5) is 0. The van der Waals surface area contributed by atoms with E-state index in [9.17, 15) is 0 Å². The molecule has 0 aromatic rings. The number of unbranched alkanes of at least 4 members (excludes halogenated alkanes) is 2. The van der Waals surface area contributed by atoms with Gasteiger partial charge in [0.1, 0.15) is 0 Å². The fourth-order valence-corrected chi connectivity index (χ4v) is 2.75. The van der Waals surface area contributed by atoms with Crippen LogP contribution in [0.2, 0.25) is 12.6 Å². The van der Waals surface area contributed by atoms with Crippen LogP contribution < -0.4 is 0 Å². The Hall–Kier alpha value is -0.123. The van der Waals surface area contributed by atoms with E-state index in [1.165, 1.54) is 19.3 Å². The van der Waals surface area contributed by atoms with Gasteiger partial charge in [0, 0.05) is 14.2 Å². The average Bonchev–Trinajstić information content (AvgIpc) is 2.23. The van der Waals surface area contributed by atoms with Crippen molar-refractivity contribution in [1.29, 1.82) is 0 Å². The third-order valence-electron chi connectivity index (χ3n) is 2.52. The van der Waals surface area contributed by atoms with Gasteiger partial charge in [-0.25, -0.2) is 0 Å². The number of hydrogen-bond donors (Lipinski definition) is 0. The molecule has 0 radical (unpaired) electrons. The van der Waals surface area contributed by atoms with Crippen molar-refractivity contribution in [3.63, 3.8) is 0 Å². The van der Waals surface area contributed by atoms with Gasteiger partial charge in [0.2, 0.25) is 0 Å². The average molecular weight is 216 g/mol. The van der Waals surface area contributed by atoms with Crippen molar-refractivity contribution < 1.29 is 8.85 Å². The Labute approximate surface area is 89.6 Å². The van der Waals surface area contributed by atoms with Crippen molar-refractivity contribution in [2.75, 3.05) is 14.2 Å². The van der Waals surface area contributed by atoms with Gasteiger partial charge in [-0.15, -0.1) is 0 Å². The van der Waals surface area contributed by atoms with Crippen LogP contribution in [0.5, 0.6) is 0 Å². The molecule has 0 rings (SSSR count). The summed E-state index contributed by atoms with van der Waals surface area (Å²) in [5.41, 5.74) is 0. The minimum Gasteiger partial charge on any atom is -0.398 e. The van der Waals surface area contributed by atoms with Crippen molar-refractivity contribution in [1.82, 2.24) is 0 Å². The van der Waals surface area contributed by atoms with Crippen LogP contribution in [-0.4, -0.2) is 22.8 Å². The van der Waals surface area contributed by atoms with E-state index in [2.05, 4.69) is 25.6 Å². The summed E-state index contributed by atoms with van der Waals surface area (Å²) in [6, 6.07) is 1.10. The lowest BCUT2D eigenvalue weighted by atomic mass is 10.2. The molecule has 0 heterocycles. The SMILES string of the molecule is CCC=CCCCC[Si](C)(OC)OC. The fraction of sp³-hybridized carbons (Fsp3) is 0.818. The van der Waals surface area contributed by atoms with E-state index >= 15 is 0 Å². The first kappa shape index (κ1) is 13.9. The van der Waals surface area contributed by atoms with Crippen molar-refractivity contribution in [3.8, 4) is 0 Å². The van der Waals surface area contributed by atoms with Gasteiger partial charge >= 0.3 is 8.56 Å². The van der Waals surface area contributed by atoms with E-state index in [1.807, 2.05) is 0 Å². The van der Waals surface area contributed by atoms with Gasteiger partial charge in [0.25, 0.3) is 0 Å². The Morgan fingerprint density at radius 2 is 1.71 bits per heavy atom. The Bertz CT molecular complexity index is 153. The van der Waals surface area contributed by atoms with Crippen molar-refractivity contribution in [3.05, 3.63) is 12.2 Å². The third kappa shape index (κ3) is 6.35. The Balaban J connectivity index is 3.47. The van der Waals surface area contributed by atoms with Crippen LogP contribution in [0.15, 0.2) is 12.2 Å². The van der Waals surface area contributed by atoms with Gasteiger partial charge in [-0.05, 0) is 31.9 Å². The molecular formula is C11H24O2Si. The van der Waals surface area contributed by atoms with Crippen molar-refractivity contribution >= 4 is 8.56 Å². The Kier molecular flexibility index (Phi) is 8.13. The first-order valence-corrected chi connectivity index (χ1v) is 7.96. The van der Waals surface area contributed by atoms with Gasteiger partial charge in [0.05, 0.1) is 0 Å². The van der Waals surface area contributed by atoms with E-state index in [0.717, 1.165) is 12.5 Å². The molecule has 0 amide bonds. The van der Waals surface area contributed by atoms with Crippen molar-refractivity contribution in [2.45, 2.75) is 45.2 Å². The van der Waals surface area contributed by atoms with E-state index in [0.29, 0.717) is 0 Å². The van der Waals surface area contributed by atoms with Gasteiger partial charge < -0.3 is 8.85 Å². The van der Waals surface area contributed by atoms with Crippen LogP contribution in [0.4, 0.5) is 0 Å². The predicted octanol–water partition coefficient (Wildman–Crippen LogP) is 3.49. The molecule has 84 valence electrons. The molecule has 3 heteroatoms. The second kappa shape index (κ2) is 8.21. The first-order valence-electron chi connectivity index (χ1n) is 5.44. The maximum atomic E-state index is 5.41. The summed E-state index contributed by atoms with van der Waals surface area (Å²) in [6.45, 7) is 4.28. The van der Waals surface area contributed by atoms with Crippen LogP contribution in [-0.2, 0) is 8.85 Å². The smallest absolute Gasteiger partial charge is 0.334 e. The van der Waals surface area contributed by atoms with Crippen LogP contribution in [0.1, 0.15) is 32.6 Å². The number of hydrogen-bond acceptors (Lipinski definition) is 2. The van der Waals surface area contributed by atoms with E-state index in [4.69, 9.17) is 8.85 Å². The summed E-state index contributed by atoms with van der Waals surface area (Å²) in [5, 5.41) is 0. The van der Waals surface area contributed by atoms with E-state index in [1.54, 1.807) is 14.2 Å². The second-order valence-electron chi connectivity index (χ2n) is 3.67. The molecule has 0 bridgehead atoms. The molecule has 0 aliphatic rings. The Morgan fingerprint density at radius 1 is 1.07 bits per heavy atom. The summed E-state index contributed by atoms with van der Waals surface area (Å²) in [7, 11) is 1.72. The van der Waals surface area contributed by atoms with Gasteiger partial charge in [0.15, 0.2) is 0 Å². The van der Waals surface area contributed by atoms with Gasteiger partial charge in [-0.2, -0.15) is 0 Å². The molecule has 0 saturated heterocycles. The van der Waals surface area contributed by atoms with Crippen LogP contribution >= 0.6 is 0 Å². The highest BCUT2D eigenvalue weighted by Gasteiger charge is 2.27. The van der Waals surface area contributed by atoms with Crippen LogP contribution in [0.25, 0.3) is 0 Å². The molecule has 0 spiro atoms. The summed E-state index contributed by atoms with van der Waals surface area (Å²) >= 11 is 0. The summed E-state index contributed by atoms with van der Waals surface area (Å²) in [6.07, 6.45) is 9.26. The lowest BCUT2D eigenvalue weighted by molar-refractivity contribution is 0.248. The van der Waals surface area contributed by atoms with Crippen LogP contribution in [0, 0.1) is 0 Å². The maximum Gasteiger partial charge on any atom is 0.334 e. The Morgan fingerprint density at radius 3 is 2.21 bits per heavy atom. The number of rotatable bonds is 8. The van der Waals surface area contributed by atoms with Gasteiger partial charge in [-0.3, -0.25) is 0 Å².